The lowest BCUT2D eigenvalue weighted by Gasteiger charge is -2.40. The molecule has 6 nitrogen and oxygen atoms in total. The molecule has 2 fully saturated rings. The fraction of sp³-hybridized carbons (Fsp3) is 0.667. The summed E-state index contributed by atoms with van der Waals surface area (Å²) in [4.78, 5) is 26.6. The van der Waals surface area contributed by atoms with Gasteiger partial charge in [0.25, 0.3) is 5.91 Å². The highest BCUT2D eigenvalue weighted by molar-refractivity contribution is 6.07. The van der Waals surface area contributed by atoms with Crippen molar-refractivity contribution in [3.63, 3.8) is 0 Å². The summed E-state index contributed by atoms with van der Waals surface area (Å²) in [7, 11) is 1.81. The average molecular weight is 290 g/mol. The Hall–Kier alpha value is -1.85. The summed E-state index contributed by atoms with van der Waals surface area (Å²) in [5.41, 5.74) is 0. The normalized spacial score (nSPS) is 27.8. The number of carbonyl (C=O) groups excluding carboxylic acids is 2. The molecule has 2 heterocycles. The van der Waals surface area contributed by atoms with Crippen LogP contribution in [0.3, 0.4) is 0 Å². The van der Waals surface area contributed by atoms with Gasteiger partial charge in [-0.15, -0.1) is 0 Å². The Morgan fingerprint density at radius 2 is 1.95 bits per heavy atom. The van der Waals surface area contributed by atoms with Gasteiger partial charge in [0.2, 0.25) is 5.91 Å². The summed E-state index contributed by atoms with van der Waals surface area (Å²) >= 11 is 0. The SMILES string of the molecule is CC1C(=O)NC(C2CCCCC2)C(=O)N1c1ccn(C)n1. The number of anilines is 1. The zero-order chi connectivity index (χ0) is 15.0. The van der Waals surface area contributed by atoms with Gasteiger partial charge in [0.15, 0.2) is 5.82 Å². The van der Waals surface area contributed by atoms with E-state index in [1.807, 2.05) is 0 Å². The lowest BCUT2D eigenvalue weighted by atomic mass is 9.82. The summed E-state index contributed by atoms with van der Waals surface area (Å²) in [6, 6.07) is 0.883. The number of piperazine rings is 1. The second-order valence-corrected chi connectivity index (χ2v) is 6.12. The second-order valence-electron chi connectivity index (χ2n) is 6.12. The van der Waals surface area contributed by atoms with Crippen molar-refractivity contribution in [2.45, 2.75) is 51.1 Å². The summed E-state index contributed by atoms with van der Waals surface area (Å²) in [5.74, 6) is 0.711. The molecule has 2 aliphatic rings. The quantitative estimate of drug-likeness (QED) is 0.890. The van der Waals surface area contributed by atoms with Crippen LogP contribution in [0, 0.1) is 5.92 Å². The molecule has 6 heteroatoms. The molecule has 3 rings (SSSR count). The maximum absolute atomic E-state index is 12.9. The topological polar surface area (TPSA) is 67.2 Å². The Bertz CT molecular complexity index is 548. The Kier molecular flexibility index (Phi) is 3.69. The molecule has 0 radical (unpaired) electrons. The molecule has 2 amide bonds. The molecule has 1 saturated carbocycles. The largest absolute Gasteiger partial charge is 0.342 e. The van der Waals surface area contributed by atoms with Gasteiger partial charge in [-0.3, -0.25) is 19.2 Å². The Balaban J connectivity index is 1.87. The number of amides is 2. The Morgan fingerprint density at radius 3 is 2.57 bits per heavy atom. The number of nitrogens with one attached hydrogen (secondary N) is 1. The third-order valence-corrected chi connectivity index (χ3v) is 4.64. The number of carbonyl (C=O) groups is 2. The van der Waals surface area contributed by atoms with Gasteiger partial charge in [-0.05, 0) is 25.7 Å². The predicted octanol–water partition coefficient (Wildman–Crippen LogP) is 1.22. The van der Waals surface area contributed by atoms with Crippen molar-refractivity contribution in [1.82, 2.24) is 15.1 Å². The minimum atomic E-state index is -0.507. The van der Waals surface area contributed by atoms with Gasteiger partial charge in [-0.1, -0.05) is 19.3 Å². The summed E-state index contributed by atoms with van der Waals surface area (Å²) in [6.45, 7) is 1.75. The van der Waals surface area contributed by atoms with Crippen molar-refractivity contribution in [2.24, 2.45) is 13.0 Å². The molecule has 0 bridgehead atoms. The highest BCUT2D eigenvalue weighted by Gasteiger charge is 2.43. The number of hydrogen-bond acceptors (Lipinski definition) is 3. The average Bonchev–Trinajstić information content (AvgIpc) is 2.90. The maximum Gasteiger partial charge on any atom is 0.251 e. The van der Waals surface area contributed by atoms with Crippen LogP contribution in [0.5, 0.6) is 0 Å². The number of rotatable bonds is 2. The van der Waals surface area contributed by atoms with Crippen LogP contribution < -0.4 is 10.2 Å². The molecular formula is C15H22N4O2. The molecule has 1 aliphatic heterocycles. The van der Waals surface area contributed by atoms with Crippen molar-refractivity contribution in [3.8, 4) is 0 Å². The molecule has 1 aliphatic carbocycles. The molecule has 1 aromatic rings. The first-order valence-corrected chi connectivity index (χ1v) is 7.71. The zero-order valence-corrected chi connectivity index (χ0v) is 12.6. The Labute approximate surface area is 124 Å². The van der Waals surface area contributed by atoms with Crippen molar-refractivity contribution >= 4 is 17.6 Å². The van der Waals surface area contributed by atoms with Gasteiger partial charge < -0.3 is 5.32 Å². The molecule has 0 aromatic carbocycles. The molecule has 2 atom stereocenters. The molecule has 0 spiro atoms. The first-order valence-electron chi connectivity index (χ1n) is 7.71. The first-order chi connectivity index (χ1) is 10.1. The van der Waals surface area contributed by atoms with Gasteiger partial charge in [0.1, 0.15) is 12.1 Å². The molecule has 1 aromatic heterocycles. The molecule has 114 valence electrons. The van der Waals surface area contributed by atoms with Crippen LogP contribution in [-0.2, 0) is 16.6 Å². The molecule has 1 saturated heterocycles. The van der Waals surface area contributed by atoms with Gasteiger partial charge in [0, 0.05) is 19.3 Å². The highest BCUT2D eigenvalue weighted by Crippen LogP contribution is 2.30. The van der Waals surface area contributed by atoms with Crippen LogP contribution in [-0.4, -0.2) is 33.7 Å². The van der Waals surface area contributed by atoms with Crippen molar-refractivity contribution < 1.29 is 9.59 Å². The second kappa shape index (κ2) is 5.50. The fourth-order valence-electron chi connectivity index (χ4n) is 3.42. The smallest absolute Gasteiger partial charge is 0.251 e. The summed E-state index contributed by atoms with van der Waals surface area (Å²) < 4.78 is 1.65. The van der Waals surface area contributed by atoms with E-state index < -0.39 is 12.1 Å². The van der Waals surface area contributed by atoms with E-state index >= 15 is 0 Å². The van der Waals surface area contributed by atoms with E-state index in [-0.39, 0.29) is 17.7 Å². The van der Waals surface area contributed by atoms with E-state index in [1.165, 1.54) is 6.42 Å². The first kappa shape index (κ1) is 14.1. The van der Waals surface area contributed by atoms with Crippen LogP contribution in [0.1, 0.15) is 39.0 Å². The van der Waals surface area contributed by atoms with E-state index in [0.717, 1.165) is 25.7 Å². The number of hydrogen-bond donors (Lipinski definition) is 1. The fourth-order valence-corrected chi connectivity index (χ4v) is 3.42. The highest BCUT2D eigenvalue weighted by atomic mass is 16.2. The lowest BCUT2D eigenvalue weighted by molar-refractivity contribution is -0.135. The van der Waals surface area contributed by atoms with Crippen molar-refractivity contribution in [1.29, 1.82) is 0 Å². The standard InChI is InChI=1S/C15H22N4O2/c1-10-14(20)16-13(11-6-4-3-5-7-11)15(21)19(10)12-8-9-18(2)17-12/h8-11,13H,3-7H2,1-2H3,(H,16,20). The van der Waals surface area contributed by atoms with E-state index in [0.29, 0.717) is 5.82 Å². The lowest BCUT2D eigenvalue weighted by Crippen LogP contribution is -2.65. The van der Waals surface area contributed by atoms with E-state index in [4.69, 9.17) is 0 Å². The predicted molar refractivity (Wildman–Crippen MR) is 78.7 cm³/mol. The number of aromatic nitrogens is 2. The Morgan fingerprint density at radius 1 is 1.24 bits per heavy atom. The number of nitrogens with zero attached hydrogens (tertiary/aromatic N) is 3. The summed E-state index contributed by atoms with van der Waals surface area (Å²) in [5, 5.41) is 7.22. The maximum atomic E-state index is 12.9. The molecule has 21 heavy (non-hydrogen) atoms. The third kappa shape index (κ3) is 2.54. The minimum Gasteiger partial charge on any atom is -0.342 e. The third-order valence-electron chi connectivity index (χ3n) is 4.64. The monoisotopic (exact) mass is 290 g/mol. The molecular weight excluding hydrogens is 268 g/mol. The van der Waals surface area contributed by atoms with Gasteiger partial charge >= 0.3 is 0 Å². The van der Waals surface area contributed by atoms with Crippen molar-refractivity contribution in [3.05, 3.63) is 12.3 Å². The van der Waals surface area contributed by atoms with Gasteiger partial charge in [-0.25, -0.2) is 0 Å². The van der Waals surface area contributed by atoms with Crippen LogP contribution in [0.2, 0.25) is 0 Å². The van der Waals surface area contributed by atoms with Crippen LogP contribution in [0.25, 0.3) is 0 Å². The van der Waals surface area contributed by atoms with E-state index in [9.17, 15) is 9.59 Å². The van der Waals surface area contributed by atoms with Crippen LogP contribution >= 0.6 is 0 Å². The number of aryl methyl sites for hydroxylation is 1. The van der Waals surface area contributed by atoms with E-state index in [1.54, 1.807) is 35.8 Å². The van der Waals surface area contributed by atoms with Crippen molar-refractivity contribution in [2.75, 3.05) is 4.90 Å². The van der Waals surface area contributed by atoms with Gasteiger partial charge in [0.05, 0.1) is 0 Å². The van der Waals surface area contributed by atoms with Crippen LogP contribution in [0.4, 0.5) is 5.82 Å². The molecule has 2 unspecified atom stereocenters. The van der Waals surface area contributed by atoms with Gasteiger partial charge in [-0.2, -0.15) is 5.10 Å². The zero-order valence-electron chi connectivity index (χ0n) is 12.6. The van der Waals surface area contributed by atoms with E-state index in [2.05, 4.69) is 10.4 Å². The summed E-state index contributed by atoms with van der Waals surface area (Å²) in [6.07, 6.45) is 7.33. The van der Waals surface area contributed by atoms with Crippen LogP contribution in [0.15, 0.2) is 12.3 Å². The minimum absolute atomic E-state index is 0.0206. The molecule has 1 N–H and O–H groups in total.